The third-order valence-electron chi connectivity index (χ3n) is 4.66. The van der Waals surface area contributed by atoms with E-state index in [1.165, 1.54) is 5.56 Å². The Morgan fingerprint density at radius 1 is 1.00 bits per heavy atom. The Bertz CT molecular complexity index is 535. The number of thiophene rings is 1. The van der Waals surface area contributed by atoms with E-state index in [1.807, 2.05) is 15.2 Å². The van der Waals surface area contributed by atoms with Crippen LogP contribution < -0.4 is 0 Å². The molecular formula is C17H25N3O3S. The van der Waals surface area contributed by atoms with Crippen molar-refractivity contribution in [2.45, 2.75) is 12.8 Å². The molecule has 3 heterocycles. The van der Waals surface area contributed by atoms with Gasteiger partial charge < -0.3 is 14.5 Å². The number of hydrogen-bond donors (Lipinski definition) is 0. The van der Waals surface area contributed by atoms with Crippen molar-refractivity contribution in [2.24, 2.45) is 0 Å². The lowest BCUT2D eigenvalue weighted by molar-refractivity contribution is -0.140. The van der Waals surface area contributed by atoms with Gasteiger partial charge in [-0.3, -0.25) is 14.5 Å². The fourth-order valence-corrected chi connectivity index (χ4v) is 3.80. The molecule has 132 valence electrons. The van der Waals surface area contributed by atoms with Crippen LogP contribution in [0.5, 0.6) is 0 Å². The zero-order valence-electron chi connectivity index (χ0n) is 14.0. The highest BCUT2D eigenvalue weighted by atomic mass is 32.1. The minimum atomic E-state index is 0.169. The van der Waals surface area contributed by atoms with E-state index in [0.29, 0.717) is 52.4 Å². The molecule has 0 aliphatic carbocycles. The topological polar surface area (TPSA) is 53.1 Å². The largest absolute Gasteiger partial charge is 0.379 e. The predicted octanol–water partition coefficient (Wildman–Crippen LogP) is 0.684. The molecule has 0 atom stereocenters. The van der Waals surface area contributed by atoms with Crippen molar-refractivity contribution in [3.63, 3.8) is 0 Å². The van der Waals surface area contributed by atoms with Crippen LogP contribution in [0.2, 0.25) is 0 Å². The van der Waals surface area contributed by atoms with E-state index in [-0.39, 0.29) is 11.8 Å². The van der Waals surface area contributed by atoms with Gasteiger partial charge >= 0.3 is 0 Å². The van der Waals surface area contributed by atoms with Crippen molar-refractivity contribution in [1.82, 2.24) is 14.7 Å². The number of amides is 2. The zero-order valence-corrected chi connectivity index (χ0v) is 14.8. The molecule has 7 heteroatoms. The van der Waals surface area contributed by atoms with Crippen LogP contribution >= 0.6 is 11.3 Å². The quantitative estimate of drug-likeness (QED) is 0.783. The first-order valence-corrected chi connectivity index (χ1v) is 9.53. The maximum absolute atomic E-state index is 12.4. The molecule has 2 aliphatic heterocycles. The van der Waals surface area contributed by atoms with Gasteiger partial charge in [0.05, 0.1) is 19.8 Å². The van der Waals surface area contributed by atoms with E-state index < -0.39 is 0 Å². The minimum absolute atomic E-state index is 0.169. The molecule has 1 aromatic rings. The number of carbonyl (C=O) groups is 2. The summed E-state index contributed by atoms with van der Waals surface area (Å²) < 4.78 is 5.31. The first kappa shape index (κ1) is 17.4. The van der Waals surface area contributed by atoms with Crippen molar-refractivity contribution >= 4 is 23.2 Å². The van der Waals surface area contributed by atoms with Crippen LogP contribution in [-0.4, -0.2) is 85.5 Å². The molecule has 2 saturated heterocycles. The molecule has 2 aliphatic rings. The summed E-state index contributed by atoms with van der Waals surface area (Å²) in [5, 5.41) is 4.13. The molecule has 3 rings (SSSR count). The highest BCUT2D eigenvalue weighted by Gasteiger charge is 2.25. The highest BCUT2D eigenvalue weighted by molar-refractivity contribution is 7.07. The second kappa shape index (κ2) is 8.60. The van der Waals surface area contributed by atoms with Crippen LogP contribution in [0.15, 0.2) is 16.8 Å². The molecule has 0 radical (unpaired) electrons. The van der Waals surface area contributed by atoms with E-state index >= 15 is 0 Å². The van der Waals surface area contributed by atoms with Gasteiger partial charge in [0.1, 0.15) is 0 Å². The SMILES string of the molecule is O=C(CCc1ccsc1)N1CCN(C(=O)CN2CCOCC2)CC1. The van der Waals surface area contributed by atoms with Crippen LogP contribution in [-0.2, 0) is 20.7 Å². The molecule has 0 unspecified atom stereocenters. The van der Waals surface area contributed by atoms with Crippen LogP contribution in [0.4, 0.5) is 0 Å². The average Bonchev–Trinajstić information content (AvgIpc) is 3.14. The molecular weight excluding hydrogens is 326 g/mol. The van der Waals surface area contributed by atoms with Crippen molar-refractivity contribution in [1.29, 1.82) is 0 Å². The van der Waals surface area contributed by atoms with Crippen LogP contribution in [0.1, 0.15) is 12.0 Å². The molecule has 24 heavy (non-hydrogen) atoms. The van der Waals surface area contributed by atoms with Gasteiger partial charge in [0.2, 0.25) is 11.8 Å². The summed E-state index contributed by atoms with van der Waals surface area (Å²) in [4.78, 5) is 30.6. The lowest BCUT2D eigenvalue weighted by Gasteiger charge is -2.36. The number of aryl methyl sites for hydroxylation is 1. The monoisotopic (exact) mass is 351 g/mol. The molecule has 2 amide bonds. The van der Waals surface area contributed by atoms with Gasteiger partial charge in [0.25, 0.3) is 0 Å². The van der Waals surface area contributed by atoms with Crippen LogP contribution in [0.25, 0.3) is 0 Å². The maximum Gasteiger partial charge on any atom is 0.236 e. The Balaban J connectivity index is 1.38. The van der Waals surface area contributed by atoms with Crippen molar-refractivity contribution in [3.05, 3.63) is 22.4 Å². The molecule has 0 N–H and O–H groups in total. The van der Waals surface area contributed by atoms with E-state index in [0.717, 1.165) is 19.5 Å². The molecule has 0 bridgehead atoms. The Hall–Kier alpha value is -1.44. The van der Waals surface area contributed by atoms with Gasteiger partial charge in [-0.1, -0.05) is 0 Å². The standard InChI is InChI=1S/C17H25N3O3S/c21-16(2-1-15-3-12-24-14-15)19-4-6-20(7-5-19)17(22)13-18-8-10-23-11-9-18/h3,12,14H,1-2,4-11,13H2. The molecule has 0 saturated carbocycles. The summed E-state index contributed by atoms with van der Waals surface area (Å²) >= 11 is 1.66. The van der Waals surface area contributed by atoms with E-state index in [4.69, 9.17) is 4.74 Å². The van der Waals surface area contributed by atoms with Crippen molar-refractivity contribution in [3.8, 4) is 0 Å². The minimum Gasteiger partial charge on any atom is -0.379 e. The van der Waals surface area contributed by atoms with Crippen LogP contribution in [0, 0.1) is 0 Å². The number of hydrogen-bond acceptors (Lipinski definition) is 5. The number of piperazine rings is 1. The van der Waals surface area contributed by atoms with E-state index in [2.05, 4.69) is 16.3 Å². The lowest BCUT2D eigenvalue weighted by atomic mass is 10.1. The predicted molar refractivity (Wildman–Crippen MR) is 93.1 cm³/mol. The van der Waals surface area contributed by atoms with Gasteiger partial charge in [-0.25, -0.2) is 0 Å². The lowest BCUT2D eigenvalue weighted by Crippen LogP contribution is -2.53. The van der Waals surface area contributed by atoms with Gasteiger partial charge in [0, 0.05) is 45.7 Å². The van der Waals surface area contributed by atoms with E-state index in [9.17, 15) is 9.59 Å². The van der Waals surface area contributed by atoms with Gasteiger partial charge in [-0.15, -0.1) is 0 Å². The summed E-state index contributed by atoms with van der Waals surface area (Å²) in [7, 11) is 0. The van der Waals surface area contributed by atoms with Crippen molar-refractivity contribution in [2.75, 3.05) is 59.0 Å². The molecule has 2 fully saturated rings. The second-order valence-corrected chi connectivity index (χ2v) is 7.06. The fraction of sp³-hybridized carbons (Fsp3) is 0.647. The summed E-state index contributed by atoms with van der Waals surface area (Å²) in [6.45, 7) is 6.13. The smallest absolute Gasteiger partial charge is 0.236 e. The zero-order chi connectivity index (χ0) is 16.8. The molecule has 1 aromatic heterocycles. The summed E-state index contributed by atoms with van der Waals surface area (Å²) in [6, 6.07) is 2.07. The van der Waals surface area contributed by atoms with Gasteiger partial charge in [-0.2, -0.15) is 11.3 Å². The Kier molecular flexibility index (Phi) is 6.23. The summed E-state index contributed by atoms with van der Waals surface area (Å²) in [5.74, 6) is 0.365. The Morgan fingerprint density at radius 2 is 1.67 bits per heavy atom. The van der Waals surface area contributed by atoms with Crippen molar-refractivity contribution < 1.29 is 14.3 Å². The normalized spacial score (nSPS) is 19.5. The maximum atomic E-state index is 12.4. The first-order chi connectivity index (χ1) is 11.7. The average molecular weight is 351 g/mol. The third-order valence-corrected chi connectivity index (χ3v) is 5.39. The number of ether oxygens (including phenoxy) is 1. The first-order valence-electron chi connectivity index (χ1n) is 8.59. The molecule has 0 spiro atoms. The highest BCUT2D eigenvalue weighted by Crippen LogP contribution is 2.11. The molecule has 0 aromatic carbocycles. The summed E-state index contributed by atoms with van der Waals surface area (Å²) in [5.41, 5.74) is 1.23. The second-order valence-electron chi connectivity index (χ2n) is 6.28. The summed E-state index contributed by atoms with van der Waals surface area (Å²) in [6.07, 6.45) is 1.36. The number of nitrogens with zero attached hydrogens (tertiary/aromatic N) is 3. The number of morpholine rings is 1. The third kappa shape index (κ3) is 4.78. The number of rotatable bonds is 5. The Morgan fingerprint density at radius 3 is 2.29 bits per heavy atom. The Labute approximate surface area is 147 Å². The fourth-order valence-electron chi connectivity index (χ4n) is 3.10. The van der Waals surface area contributed by atoms with Gasteiger partial charge in [-0.05, 0) is 28.8 Å². The van der Waals surface area contributed by atoms with Gasteiger partial charge in [0.15, 0.2) is 0 Å². The van der Waals surface area contributed by atoms with E-state index in [1.54, 1.807) is 11.3 Å². The number of carbonyl (C=O) groups excluding carboxylic acids is 2. The molecule has 6 nitrogen and oxygen atoms in total. The van der Waals surface area contributed by atoms with Crippen LogP contribution in [0.3, 0.4) is 0 Å².